The lowest BCUT2D eigenvalue weighted by Crippen LogP contribution is -2.02. The molecule has 2 rings (SSSR count). The maximum Gasteiger partial charge on any atom is 0.193 e. The Labute approximate surface area is 120 Å². The average molecular weight is 321 g/mol. The summed E-state index contributed by atoms with van der Waals surface area (Å²) in [6.45, 7) is 0. The number of ketones is 1. The van der Waals surface area contributed by atoms with Gasteiger partial charge in [-0.05, 0) is 42.5 Å². The highest BCUT2D eigenvalue weighted by Crippen LogP contribution is 2.28. The Morgan fingerprint density at radius 1 is 0.895 bits per heavy atom. The predicted molar refractivity (Wildman–Crippen MR) is 77.1 cm³/mol. The summed E-state index contributed by atoms with van der Waals surface area (Å²) in [5.74, 6) is 1.11. The minimum absolute atomic E-state index is 0.0477. The van der Waals surface area contributed by atoms with Crippen LogP contribution in [0.4, 0.5) is 0 Å². The fraction of sp³-hybridized carbons (Fsp3) is 0.133. The monoisotopic (exact) mass is 320 g/mol. The molecule has 0 unspecified atom stereocenters. The molecule has 0 aromatic heterocycles. The van der Waals surface area contributed by atoms with Crippen molar-refractivity contribution < 1.29 is 14.3 Å². The van der Waals surface area contributed by atoms with Crippen molar-refractivity contribution in [3.8, 4) is 11.5 Å². The van der Waals surface area contributed by atoms with Gasteiger partial charge in [-0.3, -0.25) is 4.79 Å². The molecule has 0 saturated carbocycles. The lowest BCUT2D eigenvalue weighted by atomic mass is 10.0. The molecule has 0 aliphatic rings. The molecule has 0 atom stereocenters. The first kappa shape index (κ1) is 13.6. The number of hydrogen-bond acceptors (Lipinski definition) is 3. The van der Waals surface area contributed by atoms with Gasteiger partial charge in [-0.1, -0.05) is 15.9 Å². The molecule has 4 heteroatoms. The summed E-state index contributed by atoms with van der Waals surface area (Å²) >= 11 is 3.34. The zero-order chi connectivity index (χ0) is 13.8. The van der Waals surface area contributed by atoms with E-state index in [9.17, 15) is 4.79 Å². The predicted octanol–water partition coefficient (Wildman–Crippen LogP) is 3.70. The van der Waals surface area contributed by atoms with Gasteiger partial charge in [0.15, 0.2) is 17.3 Å². The van der Waals surface area contributed by atoms with Gasteiger partial charge in [0.25, 0.3) is 0 Å². The third-order valence-corrected chi connectivity index (χ3v) is 3.28. The van der Waals surface area contributed by atoms with E-state index >= 15 is 0 Å². The minimum atomic E-state index is -0.0477. The molecule has 0 bridgehead atoms. The Kier molecular flexibility index (Phi) is 4.22. The second-order valence-corrected chi connectivity index (χ2v) is 4.82. The quantitative estimate of drug-likeness (QED) is 0.806. The SMILES string of the molecule is COc1ccc(C(=O)c2ccc(Br)cc2)cc1OC. The molecule has 0 fully saturated rings. The van der Waals surface area contributed by atoms with Crippen molar-refractivity contribution in [2.75, 3.05) is 14.2 Å². The molecule has 2 aromatic rings. The number of benzene rings is 2. The summed E-state index contributed by atoms with van der Waals surface area (Å²) in [5.41, 5.74) is 1.20. The molecule has 0 aliphatic heterocycles. The second-order valence-electron chi connectivity index (χ2n) is 3.91. The number of carbonyl (C=O) groups excluding carboxylic acids is 1. The van der Waals surface area contributed by atoms with E-state index in [4.69, 9.17) is 9.47 Å². The molecule has 0 saturated heterocycles. The van der Waals surface area contributed by atoms with Gasteiger partial charge in [0.2, 0.25) is 0 Å². The first-order chi connectivity index (χ1) is 9.15. The van der Waals surface area contributed by atoms with Crippen LogP contribution in [0, 0.1) is 0 Å². The molecular weight excluding hydrogens is 308 g/mol. The van der Waals surface area contributed by atoms with Crippen molar-refractivity contribution in [3.05, 3.63) is 58.1 Å². The molecule has 2 aromatic carbocycles. The van der Waals surface area contributed by atoms with Gasteiger partial charge in [-0.2, -0.15) is 0 Å². The van der Waals surface area contributed by atoms with Crippen LogP contribution in [0.1, 0.15) is 15.9 Å². The standard InChI is InChI=1S/C15H13BrO3/c1-18-13-8-5-11(9-14(13)19-2)15(17)10-3-6-12(16)7-4-10/h3-9H,1-2H3. The number of rotatable bonds is 4. The summed E-state index contributed by atoms with van der Waals surface area (Å²) in [5, 5.41) is 0. The van der Waals surface area contributed by atoms with E-state index in [2.05, 4.69) is 15.9 Å². The van der Waals surface area contributed by atoms with E-state index < -0.39 is 0 Å². The lowest BCUT2D eigenvalue weighted by molar-refractivity contribution is 0.103. The third-order valence-electron chi connectivity index (χ3n) is 2.75. The number of methoxy groups -OCH3 is 2. The summed E-state index contributed by atoms with van der Waals surface area (Å²) in [6.07, 6.45) is 0. The summed E-state index contributed by atoms with van der Waals surface area (Å²) < 4.78 is 11.3. The molecule has 0 spiro atoms. The van der Waals surface area contributed by atoms with Gasteiger partial charge in [0.05, 0.1) is 14.2 Å². The van der Waals surface area contributed by atoms with Crippen molar-refractivity contribution in [2.45, 2.75) is 0 Å². The van der Waals surface area contributed by atoms with E-state index in [1.165, 1.54) is 0 Å². The van der Waals surface area contributed by atoms with Crippen LogP contribution >= 0.6 is 15.9 Å². The first-order valence-corrected chi connectivity index (χ1v) is 6.47. The molecule has 0 aliphatic carbocycles. The Morgan fingerprint density at radius 3 is 2.05 bits per heavy atom. The molecule has 0 heterocycles. The van der Waals surface area contributed by atoms with Gasteiger partial charge < -0.3 is 9.47 Å². The van der Waals surface area contributed by atoms with Crippen LogP contribution in [-0.4, -0.2) is 20.0 Å². The Morgan fingerprint density at radius 2 is 1.47 bits per heavy atom. The first-order valence-electron chi connectivity index (χ1n) is 5.68. The largest absolute Gasteiger partial charge is 0.493 e. The summed E-state index contributed by atoms with van der Waals surface area (Å²) in [4.78, 5) is 12.3. The average Bonchev–Trinajstić information content (AvgIpc) is 2.46. The smallest absolute Gasteiger partial charge is 0.193 e. The van der Waals surface area contributed by atoms with Gasteiger partial charge in [0, 0.05) is 15.6 Å². The third kappa shape index (κ3) is 2.96. The van der Waals surface area contributed by atoms with Gasteiger partial charge >= 0.3 is 0 Å². The van der Waals surface area contributed by atoms with E-state index in [1.54, 1.807) is 44.6 Å². The van der Waals surface area contributed by atoms with Gasteiger partial charge in [0.1, 0.15) is 0 Å². The van der Waals surface area contributed by atoms with E-state index in [0.717, 1.165) is 4.47 Å². The molecule has 3 nitrogen and oxygen atoms in total. The number of halogens is 1. The Hall–Kier alpha value is -1.81. The highest BCUT2D eigenvalue weighted by Gasteiger charge is 2.12. The van der Waals surface area contributed by atoms with Crippen LogP contribution < -0.4 is 9.47 Å². The van der Waals surface area contributed by atoms with Gasteiger partial charge in [-0.25, -0.2) is 0 Å². The Balaban J connectivity index is 2.36. The number of ether oxygens (including phenoxy) is 2. The van der Waals surface area contributed by atoms with Crippen molar-refractivity contribution in [1.29, 1.82) is 0 Å². The van der Waals surface area contributed by atoms with Crippen LogP contribution in [0.2, 0.25) is 0 Å². The van der Waals surface area contributed by atoms with Crippen LogP contribution in [0.3, 0.4) is 0 Å². The lowest BCUT2D eigenvalue weighted by Gasteiger charge is -2.09. The van der Waals surface area contributed by atoms with Crippen LogP contribution in [0.5, 0.6) is 11.5 Å². The normalized spacial score (nSPS) is 10.1. The van der Waals surface area contributed by atoms with E-state index in [0.29, 0.717) is 22.6 Å². The maximum absolute atomic E-state index is 12.3. The highest BCUT2D eigenvalue weighted by atomic mass is 79.9. The second kappa shape index (κ2) is 5.89. The maximum atomic E-state index is 12.3. The summed E-state index contributed by atoms with van der Waals surface area (Å²) in [7, 11) is 3.11. The molecule has 19 heavy (non-hydrogen) atoms. The molecule has 0 radical (unpaired) electrons. The van der Waals surface area contributed by atoms with Gasteiger partial charge in [-0.15, -0.1) is 0 Å². The zero-order valence-electron chi connectivity index (χ0n) is 10.6. The molecular formula is C15H13BrO3. The number of hydrogen-bond donors (Lipinski definition) is 0. The van der Waals surface area contributed by atoms with Crippen LogP contribution in [0.25, 0.3) is 0 Å². The van der Waals surface area contributed by atoms with Crippen molar-refractivity contribution in [2.24, 2.45) is 0 Å². The number of carbonyl (C=O) groups is 1. The topological polar surface area (TPSA) is 35.5 Å². The van der Waals surface area contributed by atoms with Crippen molar-refractivity contribution in [3.63, 3.8) is 0 Å². The van der Waals surface area contributed by atoms with Crippen LogP contribution in [0.15, 0.2) is 46.9 Å². The Bertz CT molecular complexity index is 591. The fourth-order valence-corrected chi connectivity index (χ4v) is 2.01. The van der Waals surface area contributed by atoms with E-state index in [1.807, 2.05) is 12.1 Å². The van der Waals surface area contributed by atoms with Crippen molar-refractivity contribution >= 4 is 21.7 Å². The molecule has 0 amide bonds. The molecule has 98 valence electrons. The van der Waals surface area contributed by atoms with Crippen molar-refractivity contribution in [1.82, 2.24) is 0 Å². The van der Waals surface area contributed by atoms with Crippen LogP contribution in [-0.2, 0) is 0 Å². The minimum Gasteiger partial charge on any atom is -0.493 e. The molecule has 0 N–H and O–H groups in total. The fourth-order valence-electron chi connectivity index (χ4n) is 1.75. The highest BCUT2D eigenvalue weighted by molar-refractivity contribution is 9.10. The zero-order valence-corrected chi connectivity index (χ0v) is 12.2. The summed E-state index contributed by atoms with van der Waals surface area (Å²) in [6, 6.07) is 12.4. The van der Waals surface area contributed by atoms with E-state index in [-0.39, 0.29) is 5.78 Å².